The third-order valence-corrected chi connectivity index (χ3v) is 3.33. The van der Waals surface area contributed by atoms with Gasteiger partial charge in [0.15, 0.2) is 0 Å². The van der Waals surface area contributed by atoms with Crippen LogP contribution >= 0.6 is 11.8 Å². The molecular weight excluding hydrogens is 232 g/mol. The van der Waals surface area contributed by atoms with Gasteiger partial charge in [0.1, 0.15) is 0 Å². The third-order valence-electron chi connectivity index (χ3n) is 2.26. The molecule has 0 aliphatic heterocycles. The molecule has 0 atom stereocenters. The number of rotatable bonds is 6. The first kappa shape index (κ1) is 13.8. The molecule has 2 nitrogen and oxygen atoms in total. The Morgan fingerprint density at radius 3 is 2.65 bits per heavy atom. The molecule has 1 aromatic carbocycles. The fraction of sp³-hybridized carbons (Fsp3) is 0.357. The highest BCUT2D eigenvalue weighted by atomic mass is 32.2. The van der Waals surface area contributed by atoms with Crippen molar-refractivity contribution in [2.45, 2.75) is 24.7 Å². The molecule has 0 N–H and O–H groups in total. The van der Waals surface area contributed by atoms with E-state index in [4.69, 9.17) is 4.74 Å². The first-order valence-electron chi connectivity index (χ1n) is 5.73. The molecule has 0 aromatic heterocycles. The molecule has 0 amide bonds. The summed E-state index contributed by atoms with van der Waals surface area (Å²) in [7, 11) is 1.43. The van der Waals surface area contributed by atoms with Gasteiger partial charge in [0.05, 0.1) is 7.11 Å². The van der Waals surface area contributed by atoms with E-state index in [-0.39, 0.29) is 5.97 Å². The molecule has 0 aliphatic carbocycles. The van der Waals surface area contributed by atoms with Crippen molar-refractivity contribution in [1.82, 2.24) is 0 Å². The number of benzene rings is 1. The van der Waals surface area contributed by atoms with E-state index < -0.39 is 0 Å². The molecule has 1 rings (SSSR count). The molecule has 1 aromatic rings. The summed E-state index contributed by atoms with van der Waals surface area (Å²) in [6.07, 6.45) is 3.93. The molecule has 0 aliphatic rings. The summed E-state index contributed by atoms with van der Waals surface area (Å²) >= 11 is 1.65. The van der Waals surface area contributed by atoms with Crippen LogP contribution in [-0.2, 0) is 9.53 Å². The lowest BCUT2D eigenvalue weighted by molar-refractivity contribution is -0.136. The van der Waals surface area contributed by atoms with E-state index in [9.17, 15) is 4.79 Å². The van der Waals surface area contributed by atoms with E-state index in [1.54, 1.807) is 11.8 Å². The fourth-order valence-corrected chi connectivity index (χ4v) is 2.24. The van der Waals surface area contributed by atoms with Gasteiger partial charge in [-0.3, -0.25) is 0 Å². The number of carbonyl (C=O) groups is 1. The standard InChI is InChI=1S/C14H18O2S/c1-3-4-8-12(14(15)16-2)11-17-13-9-6-5-7-10-13/h5-10H,3-4,11H2,1-2H3/b12-8+. The second-order valence-corrected chi connectivity index (χ2v) is 4.66. The first-order valence-corrected chi connectivity index (χ1v) is 6.71. The summed E-state index contributed by atoms with van der Waals surface area (Å²) in [5.41, 5.74) is 0.753. The van der Waals surface area contributed by atoms with Gasteiger partial charge >= 0.3 is 5.97 Å². The number of hydrogen-bond donors (Lipinski definition) is 0. The van der Waals surface area contributed by atoms with Crippen LogP contribution in [0.4, 0.5) is 0 Å². The van der Waals surface area contributed by atoms with Crippen LogP contribution in [0.2, 0.25) is 0 Å². The number of thioether (sulfide) groups is 1. The van der Waals surface area contributed by atoms with Gasteiger partial charge in [0, 0.05) is 16.2 Å². The summed E-state index contributed by atoms with van der Waals surface area (Å²) in [5, 5.41) is 0. The van der Waals surface area contributed by atoms with Crippen molar-refractivity contribution in [3.63, 3.8) is 0 Å². The minimum absolute atomic E-state index is 0.220. The SMILES string of the molecule is CCC/C=C(\CSc1ccccc1)C(=O)OC. The van der Waals surface area contributed by atoms with Crippen molar-refractivity contribution in [2.24, 2.45) is 0 Å². The minimum Gasteiger partial charge on any atom is -0.466 e. The zero-order chi connectivity index (χ0) is 12.5. The zero-order valence-electron chi connectivity index (χ0n) is 10.3. The van der Waals surface area contributed by atoms with Gasteiger partial charge in [-0.25, -0.2) is 4.79 Å². The van der Waals surface area contributed by atoms with Crippen molar-refractivity contribution in [3.8, 4) is 0 Å². The maximum atomic E-state index is 11.5. The Labute approximate surface area is 107 Å². The predicted molar refractivity (Wildman–Crippen MR) is 72.2 cm³/mol. The summed E-state index contributed by atoms with van der Waals surface area (Å²) in [6.45, 7) is 2.09. The molecular formula is C14H18O2S. The number of carbonyl (C=O) groups excluding carboxylic acids is 1. The number of unbranched alkanes of at least 4 members (excludes halogenated alkanes) is 1. The maximum Gasteiger partial charge on any atom is 0.334 e. The second-order valence-electron chi connectivity index (χ2n) is 3.61. The first-order chi connectivity index (χ1) is 8.27. The normalized spacial score (nSPS) is 11.3. The summed E-state index contributed by atoms with van der Waals surface area (Å²) in [5.74, 6) is 0.443. The molecule has 0 bridgehead atoms. The van der Waals surface area contributed by atoms with Crippen LogP contribution in [0.5, 0.6) is 0 Å². The van der Waals surface area contributed by atoms with Gasteiger partial charge in [-0.15, -0.1) is 11.8 Å². The predicted octanol–water partition coefficient (Wildman–Crippen LogP) is 3.68. The Bertz CT molecular complexity index is 371. The van der Waals surface area contributed by atoms with Gasteiger partial charge in [-0.05, 0) is 18.6 Å². The fourth-order valence-electron chi connectivity index (χ4n) is 1.33. The van der Waals surface area contributed by atoms with E-state index in [0.717, 1.165) is 18.4 Å². The smallest absolute Gasteiger partial charge is 0.334 e. The molecule has 0 unspecified atom stereocenters. The highest BCUT2D eigenvalue weighted by Gasteiger charge is 2.09. The number of hydrogen-bond acceptors (Lipinski definition) is 3. The number of allylic oxidation sites excluding steroid dienone is 1. The highest BCUT2D eigenvalue weighted by Crippen LogP contribution is 2.20. The molecule has 0 spiro atoms. The molecule has 0 heterocycles. The molecule has 92 valence electrons. The monoisotopic (exact) mass is 250 g/mol. The average Bonchev–Trinajstić information content (AvgIpc) is 2.39. The van der Waals surface area contributed by atoms with Crippen molar-refractivity contribution >= 4 is 17.7 Å². The van der Waals surface area contributed by atoms with Crippen molar-refractivity contribution < 1.29 is 9.53 Å². The second kappa shape index (κ2) is 7.96. The summed E-state index contributed by atoms with van der Waals surface area (Å²) < 4.78 is 4.78. The van der Waals surface area contributed by atoms with Gasteiger partial charge in [0.25, 0.3) is 0 Å². The van der Waals surface area contributed by atoms with E-state index in [1.165, 1.54) is 12.0 Å². The topological polar surface area (TPSA) is 26.3 Å². The van der Waals surface area contributed by atoms with Gasteiger partial charge in [-0.1, -0.05) is 37.6 Å². The van der Waals surface area contributed by atoms with Crippen LogP contribution in [0.15, 0.2) is 46.9 Å². The molecule has 0 saturated carbocycles. The Kier molecular flexibility index (Phi) is 6.48. The summed E-state index contributed by atoms with van der Waals surface area (Å²) in [6, 6.07) is 10.1. The lowest BCUT2D eigenvalue weighted by Gasteiger charge is -2.05. The maximum absolute atomic E-state index is 11.5. The largest absolute Gasteiger partial charge is 0.466 e. The summed E-state index contributed by atoms with van der Waals surface area (Å²) in [4.78, 5) is 12.7. The van der Waals surface area contributed by atoms with Crippen LogP contribution in [0, 0.1) is 0 Å². The van der Waals surface area contributed by atoms with Crippen LogP contribution < -0.4 is 0 Å². The number of esters is 1. The van der Waals surface area contributed by atoms with Gasteiger partial charge < -0.3 is 4.74 Å². The van der Waals surface area contributed by atoms with Crippen LogP contribution in [0.25, 0.3) is 0 Å². The molecule has 3 heteroatoms. The number of ether oxygens (including phenoxy) is 1. The molecule has 0 radical (unpaired) electrons. The quantitative estimate of drug-likeness (QED) is 0.437. The van der Waals surface area contributed by atoms with E-state index in [1.807, 2.05) is 36.4 Å². The highest BCUT2D eigenvalue weighted by molar-refractivity contribution is 7.99. The third kappa shape index (κ3) is 5.09. The minimum atomic E-state index is -0.220. The van der Waals surface area contributed by atoms with Crippen molar-refractivity contribution in [3.05, 3.63) is 42.0 Å². The molecule has 0 fully saturated rings. The molecule has 17 heavy (non-hydrogen) atoms. The average molecular weight is 250 g/mol. The number of methoxy groups -OCH3 is 1. The van der Waals surface area contributed by atoms with Crippen molar-refractivity contribution in [1.29, 1.82) is 0 Å². The van der Waals surface area contributed by atoms with Crippen LogP contribution in [0.3, 0.4) is 0 Å². The Hall–Kier alpha value is -1.22. The lowest BCUT2D eigenvalue weighted by atomic mass is 10.2. The Morgan fingerprint density at radius 1 is 1.35 bits per heavy atom. The van der Waals surface area contributed by atoms with E-state index >= 15 is 0 Å². The van der Waals surface area contributed by atoms with Crippen LogP contribution in [-0.4, -0.2) is 18.8 Å². The van der Waals surface area contributed by atoms with Gasteiger partial charge in [-0.2, -0.15) is 0 Å². The Balaban J connectivity index is 2.58. The van der Waals surface area contributed by atoms with E-state index in [2.05, 4.69) is 6.92 Å². The van der Waals surface area contributed by atoms with Crippen molar-refractivity contribution in [2.75, 3.05) is 12.9 Å². The van der Waals surface area contributed by atoms with E-state index in [0.29, 0.717) is 5.75 Å². The van der Waals surface area contributed by atoms with Crippen LogP contribution in [0.1, 0.15) is 19.8 Å². The van der Waals surface area contributed by atoms with Gasteiger partial charge in [0.2, 0.25) is 0 Å². The lowest BCUT2D eigenvalue weighted by Crippen LogP contribution is -2.07. The zero-order valence-corrected chi connectivity index (χ0v) is 11.1. The Morgan fingerprint density at radius 2 is 2.06 bits per heavy atom. The molecule has 0 saturated heterocycles.